The van der Waals surface area contributed by atoms with Crippen molar-refractivity contribution in [2.45, 2.75) is 6.92 Å². The van der Waals surface area contributed by atoms with Gasteiger partial charge in [0.2, 0.25) is 0 Å². The first-order chi connectivity index (χ1) is 9.70. The highest BCUT2D eigenvalue weighted by atomic mass is 16.5. The van der Waals surface area contributed by atoms with E-state index in [0.717, 1.165) is 30.2 Å². The Balaban J connectivity index is 2.12. The lowest BCUT2D eigenvalue weighted by Crippen LogP contribution is -2.28. The lowest BCUT2D eigenvalue weighted by atomic mass is 10.1. The molecular formula is C18H21NO. The van der Waals surface area contributed by atoms with Crippen molar-refractivity contribution in [1.82, 2.24) is 0 Å². The molecule has 1 aromatic carbocycles. The summed E-state index contributed by atoms with van der Waals surface area (Å²) < 4.78 is 5.71. The normalized spacial score (nSPS) is 15.5. The van der Waals surface area contributed by atoms with Crippen LogP contribution in [0.5, 0.6) is 5.75 Å². The Morgan fingerprint density at radius 3 is 3.00 bits per heavy atom. The fourth-order valence-corrected chi connectivity index (χ4v) is 2.05. The molecule has 1 aromatic rings. The van der Waals surface area contributed by atoms with Gasteiger partial charge in [-0.15, -0.1) is 0 Å². The topological polar surface area (TPSA) is 12.5 Å². The fourth-order valence-electron chi connectivity index (χ4n) is 2.05. The maximum Gasteiger partial charge on any atom is 0.143 e. The number of benzene rings is 1. The molecule has 0 saturated heterocycles. The SMILES string of the molecule is C=C\C=C/C=C(C)/C=C/c1ccc2c(c1)OCCN2C. The van der Waals surface area contributed by atoms with Gasteiger partial charge in [0.25, 0.3) is 0 Å². The van der Waals surface area contributed by atoms with Crippen LogP contribution in [-0.4, -0.2) is 20.2 Å². The smallest absolute Gasteiger partial charge is 0.143 e. The summed E-state index contributed by atoms with van der Waals surface area (Å²) in [7, 11) is 2.09. The van der Waals surface area contributed by atoms with E-state index < -0.39 is 0 Å². The zero-order valence-electron chi connectivity index (χ0n) is 12.2. The first kappa shape index (κ1) is 14.2. The molecule has 0 aromatic heterocycles. The standard InChI is InChI=1S/C18H21NO/c1-4-5-6-7-15(2)8-9-16-10-11-17-18(14-16)20-13-12-19(17)3/h4-11,14H,1,12-13H2,2-3H3/b6-5-,9-8+,15-7+. The summed E-state index contributed by atoms with van der Waals surface area (Å²) >= 11 is 0. The van der Waals surface area contributed by atoms with Crippen molar-refractivity contribution >= 4 is 11.8 Å². The molecule has 0 unspecified atom stereocenters. The van der Waals surface area contributed by atoms with E-state index in [9.17, 15) is 0 Å². The Labute approximate surface area is 121 Å². The molecular weight excluding hydrogens is 246 g/mol. The van der Waals surface area contributed by atoms with Crippen molar-refractivity contribution in [2.75, 3.05) is 25.1 Å². The number of likely N-dealkylation sites (N-methyl/N-ethyl adjacent to an activating group) is 1. The Morgan fingerprint density at radius 1 is 1.35 bits per heavy atom. The molecule has 0 amide bonds. The highest BCUT2D eigenvalue weighted by Crippen LogP contribution is 2.31. The summed E-state index contributed by atoms with van der Waals surface area (Å²) in [5.74, 6) is 0.967. The van der Waals surface area contributed by atoms with Gasteiger partial charge in [-0.2, -0.15) is 0 Å². The van der Waals surface area contributed by atoms with Crippen molar-refractivity contribution in [1.29, 1.82) is 0 Å². The molecule has 0 spiro atoms. The molecule has 20 heavy (non-hydrogen) atoms. The molecule has 2 heteroatoms. The minimum atomic E-state index is 0.752. The molecule has 0 N–H and O–H groups in total. The summed E-state index contributed by atoms with van der Waals surface area (Å²) in [4.78, 5) is 2.22. The molecule has 0 aliphatic carbocycles. The van der Waals surface area contributed by atoms with E-state index in [1.165, 1.54) is 5.57 Å². The second-order valence-corrected chi connectivity index (χ2v) is 4.86. The summed E-state index contributed by atoms with van der Waals surface area (Å²) in [6.45, 7) is 7.42. The number of hydrogen-bond acceptors (Lipinski definition) is 2. The van der Waals surface area contributed by atoms with Gasteiger partial charge in [0.15, 0.2) is 0 Å². The predicted molar refractivity (Wildman–Crippen MR) is 87.3 cm³/mol. The second-order valence-electron chi connectivity index (χ2n) is 4.86. The maximum absolute atomic E-state index is 5.71. The first-order valence-corrected chi connectivity index (χ1v) is 6.83. The van der Waals surface area contributed by atoms with Crippen LogP contribution in [0.4, 0.5) is 5.69 Å². The van der Waals surface area contributed by atoms with E-state index in [0.29, 0.717) is 0 Å². The molecule has 1 aliphatic heterocycles. The number of fused-ring (bicyclic) bond motifs is 1. The first-order valence-electron chi connectivity index (χ1n) is 6.83. The predicted octanol–water partition coefficient (Wildman–Crippen LogP) is 4.22. The van der Waals surface area contributed by atoms with Gasteiger partial charge < -0.3 is 9.64 Å². The molecule has 1 heterocycles. The van der Waals surface area contributed by atoms with E-state index in [1.807, 2.05) is 12.2 Å². The number of rotatable bonds is 4. The minimum Gasteiger partial charge on any atom is -0.490 e. The minimum absolute atomic E-state index is 0.752. The van der Waals surface area contributed by atoms with E-state index in [2.05, 4.69) is 61.9 Å². The summed E-state index contributed by atoms with van der Waals surface area (Å²) in [5, 5.41) is 0. The number of nitrogens with zero attached hydrogens (tertiary/aromatic N) is 1. The van der Waals surface area contributed by atoms with Gasteiger partial charge in [0.1, 0.15) is 12.4 Å². The molecule has 104 valence electrons. The lowest BCUT2D eigenvalue weighted by Gasteiger charge is -2.27. The Bertz CT molecular complexity index is 567. The molecule has 2 nitrogen and oxygen atoms in total. The number of ether oxygens (including phenoxy) is 1. The molecule has 0 atom stereocenters. The quantitative estimate of drug-likeness (QED) is 0.757. The average molecular weight is 267 g/mol. The molecule has 0 fully saturated rings. The third-order valence-corrected chi connectivity index (χ3v) is 3.22. The highest BCUT2D eigenvalue weighted by Gasteiger charge is 2.14. The third kappa shape index (κ3) is 3.64. The number of anilines is 1. The van der Waals surface area contributed by atoms with Crippen LogP contribution in [-0.2, 0) is 0 Å². The van der Waals surface area contributed by atoms with Crippen LogP contribution in [0.1, 0.15) is 12.5 Å². The molecule has 2 rings (SSSR count). The van der Waals surface area contributed by atoms with E-state index >= 15 is 0 Å². The number of hydrogen-bond donors (Lipinski definition) is 0. The summed E-state index contributed by atoms with van der Waals surface area (Å²) in [6, 6.07) is 6.33. The van der Waals surface area contributed by atoms with Crippen LogP contribution in [0.15, 0.2) is 60.7 Å². The Morgan fingerprint density at radius 2 is 2.20 bits per heavy atom. The fraction of sp³-hybridized carbons (Fsp3) is 0.222. The van der Waals surface area contributed by atoms with Crippen LogP contribution in [0.2, 0.25) is 0 Å². The Kier molecular flexibility index (Phi) is 4.83. The largest absolute Gasteiger partial charge is 0.490 e. The summed E-state index contributed by atoms with van der Waals surface area (Å²) in [6.07, 6.45) is 11.9. The van der Waals surface area contributed by atoms with Gasteiger partial charge in [-0.05, 0) is 24.6 Å². The molecule has 1 aliphatic rings. The van der Waals surface area contributed by atoms with Crippen molar-refractivity contribution in [3.63, 3.8) is 0 Å². The van der Waals surface area contributed by atoms with Gasteiger partial charge in [-0.1, -0.05) is 54.7 Å². The van der Waals surface area contributed by atoms with Crippen molar-refractivity contribution in [2.24, 2.45) is 0 Å². The molecule has 0 radical (unpaired) electrons. The second kappa shape index (κ2) is 6.80. The zero-order chi connectivity index (χ0) is 14.4. The zero-order valence-corrected chi connectivity index (χ0v) is 12.2. The van der Waals surface area contributed by atoms with Gasteiger partial charge >= 0.3 is 0 Å². The van der Waals surface area contributed by atoms with Gasteiger partial charge in [0, 0.05) is 7.05 Å². The monoisotopic (exact) mass is 267 g/mol. The van der Waals surface area contributed by atoms with Crippen LogP contribution in [0, 0.1) is 0 Å². The van der Waals surface area contributed by atoms with E-state index in [1.54, 1.807) is 6.08 Å². The van der Waals surface area contributed by atoms with Gasteiger partial charge in [0.05, 0.1) is 12.2 Å². The lowest BCUT2D eigenvalue weighted by molar-refractivity contribution is 0.311. The van der Waals surface area contributed by atoms with Crippen LogP contribution in [0.3, 0.4) is 0 Å². The van der Waals surface area contributed by atoms with E-state index in [4.69, 9.17) is 4.74 Å². The van der Waals surface area contributed by atoms with Crippen LogP contribution in [0.25, 0.3) is 6.08 Å². The Hall–Kier alpha value is -2.22. The third-order valence-electron chi connectivity index (χ3n) is 3.22. The van der Waals surface area contributed by atoms with E-state index in [-0.39, 0.29) is 0 Å². The van der Waals surface area contributed by atoms with Crippen molar-refractivity contribution in [3.05, 3.63) is 66.3 Å². The van der Waals surface area contributed by atoms with Gasteiger partial charge in [-0.3, -0.25) is 0 Å². The molecule has 0 saturated carbocycles. The average Bonchev–Trinajstić information content (AvgIpc) is 2.45. The number of allylic oxidation sites excluding steroid dienone is 6. The maximum atomic E-state index is 5.71. The van der Waals surface area contributed by atoms with Crippen LogP contribution < -0.4 is 9.64 Å². The highest BCUT2D eigenvalue weighted by molar-refractivity contribution is 5.65. The molecule has 0 bridgehead atoms. The van der Waals surface area contributed by atoms with Gasteiger partial charge in [-0.25, -0.2) is 0 Å². The summed E-state index contributed by atoms with van der Waals surface area (Å²) in [5.41, 5.74) is 3.51. The van der Waals surface area contributed by atoms with Crippen molar-refractivity contribution in [3.8, 4) is 5.75 Å². The van der Waals surface area contributed by atoms with Crippen molar-refractivity contribution < 1.29 is 4.74 Å². The van der Waals surface area contributed by atoms with Crippen LogP contribution >= 0.6 is 0 Å².